The highest BCUT2D eigenvalue weighted by Crippen LogP contribution is 2.30. The van der Waals surface area contributed by atoms with Crippen LogP contribution in [-0.2, 0) is 0 Å². The zero-order valence-corrected chi connectivity index (χ0v) is 11.9. The van der Waals surface area contributed by atoms with Gasteiger partial charge in [-0.3, -0.25) is 4.98 Å². The molecular weight excluding hydrogens is 242 g/mol. The Morgan fingerprint density at radius 3 is 2.83 bits per heavy atom. The molecule has 3 nitrogen and oxygen atoms in total. The zero-order valence-electron chi connectivity index (χ0n) is 11.1. The molecular formula is C14H19N3S. The van der Waals surface area contributed by atoms with Crippen LogP contribution in [0.4, 0.5) is 11.4 Å². The van der Waals surface area contributed by atoms with Crippen LogP contribution in [0, 0.1) is 0 Å². The quantitative estimate of drug-likeness (QED) is 0.888. The standard InChI is InChI=1S/C14H19N3S/c1-4-11(14-6-5-9-18-14)16-12-10-15-8-7-13(12)17(2)3/h5-11,16H,4H2,1-3H3. The molecule has 1 N–H and O–H groups in total. The van der Waals surface area contributed by atoms with Crippen LogP contribution < -0.4 is 10.2 Å². The minimum Gasteiger partial charge on any atom is -0.376 e. The Morgan fingerprint density at radius 2 is 2.22 bits per heavy atom. The van der Waals surface area contributed by atoms with Gasteiger partial charge in [-0.1, -0.05) is 13.0 Å². The lowest BCUT2D eigenvalue weighted by molar-refractivity contribution is 0.762. The van der Waals surface area contributed by atoms with Gasteiger partial charge in [0.1, 0.15) is 0 Å². The first-order chi connectivity index (χ1) is 8.72. The van der Waals surface area contributed by atoms with Crippen LogP contribution in [0.15, 0.2) is 36.0 Å². The summed E-state index contributed by atoms with van der Waals surface area (Å²) in [5.41, 5.74) is 2.25. The summed E-state index contributed by atoms with van der Waals surface area (Å²) in [5.74, 6) is 0. The highest BCUT2D eigenvalue weighted by Gasteiger charge is 2.12. The van der Waals surface area contributed by atoms with Gasteiger partial charge < -0.3 is 10.2 Å². The molecule has 2 aromatic heterocycles. The maximum Gasteiger partial charge on any atom is 0.0769 e. The van der Waals surface area contributed by atoms with Crippen molar-refractivity contribution < 1.29 is 0 Å². The monoisotopic (exact) mass is 261 g/mol. The minimum absolute atomic E-state index is 0.355. The van der Waals surface area contributed by atoms with Crippen LogP contribution in [0.1, 0.15) is 24.3 Å². The molecule has 2 heterocycles. The van der Waals surface area contributed by atoms with Crippen LogP contribution in [0.5, 0.6) is 0 Å². The molecule has 1 atom stereocenters. The van der Waals surface area contributed by atoms with Crippen molar-refractivity contribution in [3.05, 3.63) is 40.8 Å². The van der Waals surface area contributed by atoms with Gasteiger partial charge >= 0.3 is 0 Å². The highest BCUT2D eigenvalue weighted by molar-refractivity contribution is 7.10. The minimum atomic E-state index is 0.355. The molecule has 0 aliphatic rings. The number of thiophene rings is 1. The summed E-state index contributed by atoms with van der Waals surface area (Å²) in [4.78, 5) is 7.68. The van der Waals surface area contributed by atoms with Gasteiger partial charge in [-0.15, -0.1) is 11.3 Å². The van der Waals surface area contributed by atoms with Gasteiger partial charge in [0.25, 0.3) is 0 Å². The number of aromatic nitrogens is 1. The van der Waals surface area contributed by atoms with E-state index >= 15 is 0 Å². The summed E-state index contributed by atoms with van der Waals surface area (Å²) < 4.78 is 0. The highest BCUT2D eigenvalue weighted by atomic mass is 32.1. The Morgan fingerprint density at radius 1 is 1.39 bits per heavy atom. The van der Waals surface area contributed by atoms with Gasteiger partial charge in [-0.25, -0.2) is 0 Å². The normalized spacial score (nSPS) is 12.2. The second-order valence-corrected chi connectivity index (χ2v) is 5.39. The maximum atomic E-state index is 4.21. The van der Waals surface area contributed by atoms with E-state index in [1.165, 1.54) is 10.6 Å². The van der Waals surface area contributed by atoms with Gasteiger partial charge in [0.2, 0.25) is 0 Å². The number of anilines is 2. The molecule has 0 bridgehead atoms. The zero-order chi connectivity index (χ0) is 13.0. The fourth-order valence-corrected chi connectivity index (χ4v) is 2.80. The lowest BCUT2D eigenvalue weighted by Gasteiger charge is -2.22. The molecule has 2 aromatic rings. The Hall–Kier alpha value is -1.55. The van der Waals surface area contributed by atoms with E-state index in [9.17, 15) is 0 Å². The Bertz CT molecular complexity index is 480. The molecule has 0 aliphatic heterocycles. The summed E-state index contributed by atoms with van der Waals surface area (Å²) in [6.45, 7) is 2.20. The molecule has 0 saturated carbocycles. The molecule has 18 heavy (non-hydrogen) atoms. The van der Waals surface area contributed by atoms with E-state index in [4.69, 9.17) is 0 Å². The average molecular weight is 261 g/mol. The predicted molar refractivity (Wildman–Crippen MR) is 79.5 cm³/mol. The number of pyridine rings is 1. The first-order valence-electron chi connectivity index (χ1n) is 6.13. The molecule has 1 unspecified atom stereocenters. The maximum absolute atomic E-state index is 4.21. The molecule has 4 heteroatoms. The second-order valence-electron chi connectivity index (χ2n) is 4.41. The molecule has 0 radical (unpaired) electrons. The van der Waals surface area contributed by atoms with Gasteiger partial charge in [0.15, 0.2) is 0 Å². The number of rotatable bonds is 5. The largest absolute Gasteiger partial charge is 0.376 e. The summed E-state index contributed by atoms with van der Waals surface area (Å²) in [6.07, 6.45) is 4.78. The van der Waals surface area contributed by atoms with E-state index in [1.54, 1.807) is 11.3 Å². The first-order valence-corrected chi connectivity index (χ1v) is 7.01. The number of hydrogen-bond acceptors (Lipinski definition) is 4. The summed E-state index contributed by atoms with van der Waals surface area (Å²) in [5, 5.41) is 5.71. The fraction of sp³-hybridized carbons (Fsp3) is 0.357. The van der Waals surface area contributed by atoms with Crippen molar-refractivity contribution in [1.82, 2.24) is 4.98 Å². The molecule has 0 aliphatic carbocycles. The smallest absolute Gasteiger partial charge is 0.0769 e. The van der Waals surface area contributed by atoms with Gasteiger partial charge in [-0.2, -0.15) is 0 Å². The van der Waals surface area contributed by atoms with Crippen molar-refractivity contribution in [3.8, 4) is 0 Å². The average Bonchev–Trinajstić information content (AvgIpc) is 2.90. The van der Waals surface area contributed by atoms with E-state index in [2.05, 4.69) is 39.6 Å². The van der Waals surface area contributed by atoms with Gasteiger partial charge in [-0.05, 0) is 23.9 Å². The molecule has 2 rings (SSSR count). The third-order valence-corrected chi connectivity index (χ3v) is 3.89. The van der Waals surface area contributed by atoms with E-state index in [0.29, 0.717) is 6.04 Å². The van der Waals surface area contributed by atoms with Crippen LogP contribution in [-0.4, -0.2) is 19.1 Å². The van der Waals surface area contributed by atoms with Gasteiger partial charge in [0, 0.05) is 25.2 Å². The summed E-state index contributed by atoms with van der Waals surface area (Å²) in [6, 6.07) is 6.66. The third-order valence-electron chi connectivity index (χ3n) is 2.90. The molecule has 96 valence electrons. The number of hydrogen-bond donors (Lipinski definition) is 1. The van der Waals surface area contributed by atoms with Crippen LogP contribution >= 0.6 is 11.3 Å². The Kier molecular flexibility index (Phi) is 4.20. The summed E-state index contributed by atoms with van der Waals surface area (Å²) in [7, 11) is 4.10. The summed E-state index contributed by atoms with van der Waals surface area (Å²) >= 11 is 1.79. The third kappa shape index (κ3) is 2.82. The van der Waals surface area contributed by atoms with E-state index in [0.717, 1.165) is 12.1 Å². The van der Waals surface area contributed by atoms with Crippen molar-refractivity contribution in [2.45, 2.75) is 19.4 Å². The molecule has 0 spiro atoms. The predicted octanol–water partition coefficient (Wildman–Crippen LogP) is 3.77. The van der Waals surface area contributed by atoms with E-state index in [-0.39, 0.29) is 0 Å². The van der Waals surface area contributed by atoms with Crippen molar-refractivity contribution in [2.24, 2.45) is 0 Å². The lowest BCUT2D eigenvalue weighted by Crippen LogP contribution is -2.15. The Labute approximate surface area is 112 Å². The van der Waals surface area contributed by atoms with Crippen molar-refractivity contribution in [3.63, 3.8) is 0 Å². The number of nitrogens with one attached hydrogen (secondary N) is 1. The topological polar surface area (TPSA) is 28.2 Å². The first kappa shape index (κ1) is 12.9. The molecule has 0 aromatic carbocycles. The van der Waals surface area contributed by atoms with E-state index < -0.39 is 0 Å². The van der Waals surface area contributed by atoms with Crippen LogP contribution in [0.2, 0.25) is 0 Å². The van der Waals surface area contributed by atoms with Crippen molar-refractivity contribution in [2.75, 3.05) is 24.3 Å². The van der Waals surface area contributed by atoms with Crippen molar-refractivity contribution in [1.29, 1.82) is 0 Å². The van der Waals surface area contributed by atoms with Crippen LogP contribution in [0.3, 0.4) is 0 Å². The molecule has 0 amide bonds. The SMILES string of the molecule is CCC(Nc1cnccc1N(C)C)c1cccs1. The Balaban J connectivity index is 2.22. The number of nitrogens with zero attached hydrogens (tertiary/aromatic N) is 2. The fourth-order valence-electron chi connectivity index (χ4n) is 1.94. The van der Waals surface area contributed by atoms with Gasteiger partial charge in [0.05, 0.1) is 23.6 Å². The van der Waals surface area contributed by atoms with Crippen LogP contribution in [0.25, 0.3) is 0 Å². The lowest BCUT2D eigenvalue weighted by atomic mass is 10.1. The van der Waals surface area contributed by atoms with E-state index in [1.807, 2.05) is 32.6 Å². The molecule has 0 fully saturated rings. The second kappa shape index (κ2) is 5.87. The molecule has 0 saturated heterocycles. The van der Waals surface area contributed by atoms with Crippen molar-refractivity contribution >= 4 is 22.7 Å².